The molecule has 0 amide bonds. The summed E-state index contributed by atoms with van der Waals surface area (Å²) in [6, 6.07) is 6.40. The number of hydrogen-bond donors (Lipinski definition) is 1. The number of rotatable bonds is 5. The van der Waals surface area contributed by atoms with Crippen LogP contribution in [0.15, 0.2) is 18.2 Å². The van der Waals surface area contributed by atoms with Crippen molar-refractivity contribution in [3.05, 3.63) is 29.3 Å². The Hall–Kier alpha value is -1.51. The van der Waals surface area contributed by atoms with E-state index < -0.39 is 5.97 Å². The van der Waals surface area contributed by atoms with E-state index in [1.54, 1.807) is 0 Å². The maximum atomic E-state index is 11.0. The normalized spacial score (nSPS) is 19.6. The monoisotopic (exact) mass is 273 g/mol. The van der Waals surface area contributed by atoms with Crippen LogP contribution < -0.4 is 4.90 Å². The minimum Gasteiger partial charge on any atom is -0.481 e. The van der Waals surface area contributed by atoms with Crippen molar-refractivity contribution in [3.8, 4) is 0 Å². The summed E-state index contributed by atoms with van der Waals surface area (Å²) in [7, 11) is 0. The number of hydrogen-bond acceptors (Lipinski definition) is 2. The molecule has 1 fully saturated rings. The third-order valence-corrected chi connectivity index (χ3v) is 4.83. The number of anilines is 1. The smallest absolute Gasteiger partial charge is 0.303 e. The molecular formula is C17H23NO2. The summed E-state index contributed by atoms with van der Waals surface area (Å²) in [4.78, 5) is 13.5. The molecule has 0 radical (unpaired) electrons. The molecule has 3 heteroatoms. The molecule has 1 atom stereocenters. The Balaban J connectivity index is 1.84. The average molecular weight is 273 g/mol. The zero-order chi connectivity index (χ0) is 14.1. The van der Waals surface area contributed by atoms with Gasteiger partial charge in [-0.15, -0.1) is 0 Å². The molecule has 0 bridgehead atoms. The van der Waals surface area contributed by atoms with E-state index in [0.29, 0.717) is 0 Å². The first kappa shape index (κ1) is 13.5. The van der Waals surface area contributed by atoms with Crippen LogP contribution in [-0.4, -0.2) is 24.2 Å². The molecule has 1 heterocycles. The summed E-state index contributed by atoms with van der Waals surface area (Å²) in [6.07, 6.45) is 5.42. The van der Waals surface area contributed by atoms with Crippen molar-refractivity contribution < 1.29 is 9.90 Å². The maximum absolute atomic E-state index is 11.0. The van der Waals surface area contributed by atoms with Crippen LogP contribution in [0.4, 0.5) is 5.69 Å². The Bertz CT molecular complexity index is 508. The van der Waals surface area contributed by atoms with Gasteiger partial charge < -0.3 is 10.0 Å². The van der Waals surface area contributed by atoms with Gasteiger partial charge in [0.2, 0.25) is 0 Å². The molecule has 3 nitrogen and oxygen atoms in total. The summed E-state index contributed by atoms with van der Waals surface area (Å²) in [5, 5.41) is 9.04. The Morgan fingerprint density at radius 2 is 2.25 bits per heavy atom. The number of benzene rings is 1. The van der Waals surface area contributed by atoms with Crippen LogP contribution in [-0.2, 0) is 11.2 Å². The van der Waals surface area contributed by atoms with E-state index in [-0.39, 0.29) is 12.3 Å². The quantitative estimate of drug-likeness (QED) is 0.893. The van der Waals surface area contributed by atoms with Gasteiger partial charge in [-0.25, -0.2) is 0 Å². The minimum atomic E-state index is -0.710. The van der Waals surface area contributed by atoms with Gasteiger partial charge in [-0.05, 0) is 42.2 Å². The van der Waals surface area contributed by atoms with Crippen LogP contribution in [0.3, 0.4) is 0 Å². The van der Waals surface area contributed by atoms with Crippen molar-refractivity contribution in [2.75, 3.05) is 18.0 Å². The lowest BCUT2D eigenvalue weighted by Crippen LogP contribution is -2.31. The first-order valence-electron chi connectivity index (χ1n) is 7.73. The first-order chi connectivity index (χ1) is 9.65. The summed E-state index contributed by atoms with van der Waals surface area (Å²) >= 11 is 0. The van der Waals surface area contributed by atoms with Gasteiger partial charge in [-0.2, -0.15) is 0 Å². The molecule has 1 N–H and O–H groups in total. The molecule has 2 aliphatic rings. The second-order valence-corrected chi connectivity index (χ2v) is 6.35. The second-order valence-electron chi connectivity index (χ2n) is 6.35. The topological polar surface area (TPSA) is 40.5 Å². The number of carboxylic acid groups (broad SMARTS) is 1. The van der Waals surface area contributed by atoms with Crippen LogP contribution in [0.5, 0.6) is 0 Å². The Kier molecular flexibility index (Phi) is 3.68. The second kappa shape index (κ2) is 5.47. The Morgan fingerprint density at radius 1 is 1.45 bits per heavy atom. The van der Waals surface area contributed by atoms with Gasteiger partial charge in [-0.1, -0.05) is 31.5 Å². The first-order valence-corrected chi connectivity index (χ1v) is 7.73. The molecule has 20 heavy (non-hydrogen) atoms. The van der Waals surface area contributed by atoms with Gasteiger partial charge >= 0.3 is 5.97 Å². The number of fused-ring (bicyclic) bond motifs is 1. The molecule has 0 aromatic heterocycles. The van der Waals surface area contributed by atoms with E-state index >= 15 is 0 Å². The van der Waals surface area contributed by atoms with Crippen molar-refractivity contribution in [2.45, 2.75) is 44.9 Å². The molecule has 108 valence electrons. The van der Waals surface area contributed by atoms with Crippen LogP contribution >= 0.6 is 0 Å². The summed E-state index contributed by atoms with van der Waals surface area (Å²) in [5.74, 6) is 0.229. The van der Waals surface area contributed by atoms with Crippen molar-refractivity contribution in [1.29, 1.82) is 0 Å². The zero-order valence-corrected chi connectivity index (χ0v) is 12.1. The largest absolute Gasteiger partial charge is 0.481 e. The maximum Gasteiger partial charge on any atom is 0.303 e. The van der Waals surface area contributed by atoms with Gasteiger partial charge in [0.05, 0.1) is 6.42 Å². The summed E-state index contributed by atoms with van der Waals surface area (Å²) < 4.78 is 0. The molecule has 1 saturated carbocycles. The number of nitrogens with zero attached hydrogens (tertiary/aromatic N) is 1. The van der Waals surface area contributed by atoms with Crippen molar-refractivity contribution in [3.63, 3.8) is 0 Å². The van der Waals surface area contributed by atoms with Crippen LogP contribution in [0.25, 0.3) is 0 Å². The van der Waals surface area contributed by atoms with E-state index in [4.69, 9.17) is 5.11 Å². The van der Waals surface area contributed by atoms with E-state index in [1.165, 1.54) is 36.1 Å². The highest BCUT2D eigenvalue weighted by Crippen LogP contribution is 2.39. The molecule has 1 aliphatic carbocycles. The lowest BCUT2D eigenvalue weighted by atomic mass is 9.85. The standard InChI is InChI=1S/C17H23NO2/c1-12(10-16(19)20)15-7-3-6-14-8-9-18(17(14)15)11-13-4-2-5-13/h3,6-7,12-13H,2,4-5,8-11H2,1H3,(H,19,20). The highest BCUT2D eigenvalue weighted by molar-refractivity contribution is 5.70. The van der Waals surface area contributed by atoms with E-state index in [9.17, 15) is 4.79 Å². The lowest BCUT2D eigenvalue weighted by Gasteiger charge is -2.33. The minimum absolute atomic E-state index is 0.0874. The van der Waals surface area contributed by atoms with Gasteiger partial charge in [0.15, 0.2) is 0 Å². The molecule has 0 saturated heterocycles. The van der Waals surface area contributed by atoms with Gasteiger partial charge in [-0.3, -0.25) is 4.79 Å². The predicted molar refractivity (Wildman–Crippen MR) is 80.4 cm³/mol. The number of carbonyl (C=O) groups is 1. The van der Waals surface area contributed by atoms with Crippen molar-refractivity contribution >= 4 is 11.7 Å². The SMILES string of the molecule is CC(CC(=O)O)c1cccc2c1N(CC1CCC1)CC2. The Labute approximate surface area is 120 Å². The van der Waals surface area contributed by atoms with E-state index in [0.717, 1.165) is 25.4 Å². The Morgan fingerprint density at radius 3 is 2.90 bits per heavy atom. The highest BCUT2D eigenvalue weighted by atomic mass is 16.4. The fourth-order valence-corrected chi connectivity index (χ4v) is 3.50. The molecule has 1 aromatic rings. The van der Waals surface area contributed by atoms with E-state index in [2.05, 4.69) is 23.1 Å². The molecular weight excluding hydrogens is 250 g/mol. The number of para-hydroxylation sites is 1. The number of aliphatic carboxylic acids is 1. The van der Waals surface area contributed by atoms with Gasteiger partial charge in [0.25, 0.3) is 0 Å². The molecule has 1 aromatic carbocycles. The molecule has 1 unspecified atom stereocenters. The van der Waals surface area contributed by atoms with Gasteiger partial charge in [0, 0.05) is 18.8 Å². The summed E-state index contributed by atoms with van der Waals surface area (Å²) in [6.45, 7) is 4.29. The van der Waals surface area contributed by atoms with E-state index in [1.807, 2.05) is 6.92 Å². The molecule has 0 spiro atoms. The van der Waals surface area contributed by atoms with Crippen LogP contribution in [0.2, 0.25) is 0 Å². The van der Waals surface area contributed by atoms with Crippen molar-refractivity contribution in [2.24, 2.45) is 5.92 Å². The lowest BCUT2D eigenvalue weighted by molar-refractivity contribution is -0.137. The predicted octanol–water partition coefficient (Wildman–Crippen LogP) is 3.43. The molecule has 1 aliphatic heterocycles. The third kappa shape index (κ3) is 2.54. The average Bonchev–Trinajstić information content (AvgIpc) is 2.76. The summed E-state index contributed by atoms with van der Waals surface area (Å²) in [5.41, 5.74) is 3.97. The van der Waals surface area contributed by atoms with Crippen LogP contribution in [0, 0.1) is 5.92 Å². The fourth-order valence-electron chi connectivity index (χ4n) is 3.50. The van der Waals surface area contributed by atoms with Crippen LogP contribution in [0.1, 0.15) is 49.7 Å². The molecule has 3 rings (SSSR count). The van der Waals surface area contributed by atoms with Crippen molar-refractivity contribution in [1.82, 2.24) is 0 Å². The van der Waals surface area contributed by atoms with Gasteiger partial charge in [0.1, 0.15) is 0 Å². The number of carboxylic acids is 1. The third-order valence-electron chi connectivity index (χ3n) is 4.83. The fraction of sp³-hybridized carbons (Fsp3) is 0.588. The zero-order valence-electron chi connectivity index (χ0n) is 12.1. The highest BCUT2D eigenvalue weighted by Gasteiger charge is 2.28.